The first-order valence-corrected chi connectivity index (χ1v) is 5.97. The Labute approximate surface area is 103 Å². The van der Waals surface area contributed by atoms with E-state index < -0.39 is 12.1 Å². The molecule has 6 heteroatoms. The minimum absolute atomic E-state index is 0.0484. The average Bonchev–Trinajstić information content (AvgIpc) is 2.74. The van der Waals surface area contributed by atoms with Crippen LogP contribution in [0.2, 0.25) is 0 Å². The van der Waals surface area contributed by atoms with Crippen molar-refractivity contribution in [3.63, 3.8) is 0 Å². The number of halogens is 3. The maximum Gasteiger partial charge on any atom is 0.391 e. The first kappa shape index (κ1) is 13.1. The predicted molar refractivity (Wildman–Crippen MR) is 59.0 cm³/mol. The number of aromatic nitrogens is 2. The highest BCUT2D eigenvalue weighted by atomic mass is 19.4. The van der Waals surface area contributed by atoms with E-state index in [2.05, 4.69) is 4.98 Å². The smallest absolute Gasteiger partial charge is 0.340 e. The monoisotopic (exact) mass is 260 g/mol. The number of hydrogen-bond donors (Lipinski definition) is 0. The summed E-state index contributed by atoms with van der Waals surface area (Å²) in [6.07, 6.45) is -0.287. The van der Waals surface area contributed by atoms with Crippen molar-refractivity contribution in [3.05, 3.63) is 18.2 Å². The van der Waals surface area contributed by atoms with Crippen LogP contribution in [0.15, 0.2) is 12.5 Å². The zero-order valence-corrected chi connectivity index (χ0v) is 10.1. The molecule has 3 nitrogen and oxygen atoms in total. The van der Waals surface area contributed by atoms with Gasteiger partial charge in [-0.15, -0.1) is 0 Å². The Morgan fingerprint density at radius 1 is 1.33 bits per heavy atom. The molecule has 1 aromatic heterocycles. The third kappa shape index (κ3) is 2.73. The number of hydrogen-bond acceptors (Lipinski definition) is 2. The molecule has 0 radical (unpaired) electrons. The summed E-state index contributed by atoms with van der Waals surface area (Å²) in [7, 11) is 1.75. The largest absolute Gasteiger partial charge is 0.391 e. The van der Waals surface area contributed by atoms with Crippen LogP contribution in [-0.4, -0.2) is 21.5 Å². The van der Waals surface area contributed by atoms with Gasteiger partial charge in [0, 0.05) is 19.2 Å². The number of rotatable bonds is 2. The highest BCUT2D eigenvalue weighted by Gasteiger charge is 2.42. The van der Waals surface area contributed by atoms with E-state index in [4.69, 9.17) is 0 Å². The predicted octanol–water partition coefficient (Wildman–Crippen LogP) is 2.97. The Morgan fingerprint density at radius 2 is 1.94 bits per heavy atom. The lowest BCUT2D eigenvalue weighted by atomic mass is 9.79. The fourth-order valence-electron chi connectivity index (χ4n) is 2.43. The van der Waals surface area contributed by atoms with Gasteiger partial charge in [-0.1, -0.05) is 0 Å². The summed E-state index contributed by atoms with van der Waals surface area (Å²) >= 11 is 0. The molecule has 1 aliphatic carbocycles. The second-order valence-corrected chi connectivity index (χ2v) is 4.88. The number of ketones is 1. The van der Waals surface area contributed by atoms with Gasteiger partial charge in [0.2, 0.25) is 0 Å². The minimum atomic E-state index is -4.13. The fourth-order valence-corrected chi connectivity index (χ4v) is 2.43. The molecule has 1 aliphatic rings. The van der Waals surface area contributed by atoms with Crippen molar-refractivity contribution in [1.82, 2.24) is 9.55 Å². The second-order valence-electron chi connectivity index (χ2n) is 4.88. The maximum absolute atomic E-state index is 12.5. The van der Waals surface area contributed by atoms with Crippen LogP contribution in [0.1, 0.15) is 36.2 Å². The maximum atomic E-state index is 12.5. The van der Waals surface area contributed by atoms with Gasteiger partial charge in [-0.25, -0.2) is 4.98 Å². The molecule has 100 valence electrons. The van der Waals surface area contributed by atoms with Crippen LogP contribution >= 0.6 is 0 Å². The third-order valence-electron chi connectivity index (χ3n) is 3.52. The van der Waals surface area contributed by atoms with Gasteiger partial charge in [0.25, 0.3) is 0 Å². The Balaban J connectivity index is 1.96. The topological polar surface area (TPSA) is 34.9 Å². The van der Waals surface area contributed by atoms with E-state index >= 15 is 0 Å². The van der Waals surface area contributed by atoms with Gasteiger partial charge < -0.3 is 4.57 Å². The van der Waals surface area contributed by atoms with E-state index in [0.717, 1.165) is 0 Å². The van der Waals surface area contributed by atoms with Crippen molar-refractivity contribution in [2.75, 3.05) is 0 Å². The zero-order valence-electron chi connectivity index (χ0n) is 10.1. The number of carbonyl (C=O) groups excluding carboxylic acids is 1. The number of imidazole rings is 1. The number of alkyl halides is 3. The summed E-state index contributed by atoms with van der Waals surface area (Å²) < 4.78 is 39.1. The summed E-state index contributed by atoms with van der Waals surface area (Å²) in [5, 5.41) is 0. The van der Waals surface area contributed by atoms with Crippen molar-refractivity contribution in [3.8, 4) is 0 Å². The molecular weight excluding hydrogens is 245 g/mol. The first-order valence-electron chi connectivity index (χ1n) is 5.97. The molecule has 0 unspecified atom stereocenters. The van der Waals surface area contributed by atoms with Crippen LogP contribution < -0.4 is 0 Å². The third-order valence-corrected chi connectivity index (χ3v) is 3.52. The normalized spacial score (nSPS) is 25.1. The number of carbonyl (C=O) groups is 1. The average molecular weight is 260 g/mol. The molecule has 1 fully saturated rings. The fraction of sp³-hybridized carbons (Fsp3) is 0.667. The van der Waals surface area contributed by atoms with Crippen LogP contribution in [0.3, 0.4) is 0 Å². The molecule has 2 rings (SSSR count). The van der Waals surface area contributed by atoms with Gasteiger partial charge in [-0.2, -0.15) is 13.2 Å². The SMILES string of the molecule is Cn1cnc(C(=O)C2CCC(C(F)(F)F)CC2)c1. The van der Waals surface area contributed by atoms with Crippen LogP contribution in [0.4, 0.5) is 13.2 Å². The molecule has 0 spiro atoms. The van der Waals surface area contributed by atoms with E-state index in [1.54, 1.807) is 17.8 Å². The van der Waals surface area contributed by atoms with Crippen LogP contribution in [0, 0.1) is 11.8 Å². The molecule has 1 saturated carbocycles. The summed E-state index contributed by atoms with van der Waals surface area (Å²) in [5.74, 6) is -1.68. The summed E-state index contributed by atoms with van der Waals surface area (Å²) in [6.45, 7) is 0. The molecule has 0 amide bonds. The molecule has 0 atom stereocenters. The van der Waals surface area contributed by atoms with E-state index in [-0.39, 0.29) is 24.5 Å². The summed E-state index contributed by atoms with van der Waals surface area (Å²) in [5.41, 5.74) is 0.355. The molecule has 0 bridgehead atoms. The van der Waals surface area contributed by atoms with Crippen molar-refractivity contribution < 1.29 is 18.0 Å². The lowest BCUT2D eigenvalue weighted by Gasteiger charge is -2.28. The highest BCUT2D eigenvalue weighted by Crippen LogP contribution is 2.40. The van der Waals surface area contributed by atoms with Crippen LogP contribution in [0.25, 0.3) is 0 Å². The summed E-state index contributed by atoms with van der Waals surface area (Å²) in [4.78, 5) is 16.0. The Hall–Kier alpha value is -1.33. The van der Waals surface area contributed by atoms with E-state index in [1.165, 1.54) is 6.33 Å². The second kappa shape index (κ2) is 4.74. The quantitative estimate of drug-likeness (QED) is 0.766. The Morgan fingerprint density at radius 3 is 2.39 bits per heavy atom. The molecule has 0 aliphatic heterocycles. The van der Waals surface area contributed by atoms with Crippen LogP contribution in [0.5, 0.6) is 0 Å². The zero-order chi connectivity index (χ0) is 13.3. The summed E-state index contributed by atoms with van der Waals surface area (Å²) in [6, 6.07) is 0. The van der Waals surface area contributed by atoms with Crippen LogP contribution in [-0.2, 0) is 7.05 Å². The van der Waals surface area contributed by atoms with Gasteiger partial charge in [-0.3, -0.25) is 4.79 Å². The van der Waals surface area contributed by atoms with Gasteiger partial charge in [-0.05, 0) is 25.7 Å². The van der Waals surface area contributed by atoms with Gasteiger partial charge in [0.15, 0.2) is 5.78 Å². The molecule has 1 aromatic rings. The highest BCUT2D eigenvalue weighted by molar-refractivity contribution is 5.95. The first-order chi connectivity index (χ1) is 8.38. The number of Topliss-reactive ketones (excluding diaryl/α,β-unsaturated/α-hetero) is 1. The standard InChI is InChI=1S/C12H15F3N2O/c1-17-6-10(16-7-17)11(18)8-2-4-9(5-3-8)12(13,14)15/h6-9H,2-5H2,1H3. The van der Waals surface area contributed by atoms with E-state index in [0.29, 0.717) is 18.5 Å². The molecule has 0 N–H and O–H groups in total. The van der Waals surface area contributed by atoms with E-state index in [9.17, 15) is 18.0 Å². The lowest BCUT2D eigenvalue weighted by Crippen LogP contribution is -2.30. The number of aryl methyl sites for hydroxylation is 1. The molecule has 1 heterocycles. The Kier molecular flexibility index (Phi) is 3.45. The minimum Gasteiger partial charge on any atom is -0.340 e. The molecule has 0 saturated heterocycles. The van der Waals surface area contributed by atoms with Crippen molar-refractivity contribution >= 4 is 5.78 Å². The molecule has 0 aromatic carbocycles. The molecular formula is C12H15F3N2O. The lowest BCUT2D eigenvalue weighted by molar-refractivity contribution is -0.183. The van der Waals surface area contributed by atoms with Gasteiger partial charge in [0.1, 0.15) is 5.69 Å². The number of nitrogens with zero attached hydrogens (tertiary/aromatic N) is 2. The van der Waals surface area contributed by atoms with Gasteiger partial charge >= 0.3 is 6.18 Å². The van der Waals surface area contributed by atoms with Crippen molar-refractivity contribution in [2.45, 2.75) is 31.9 Å². The van der Waals surface area contributed by atoms with Gasteiger partial charge in [0.05, 0.1) is 12.2 Å². The van der Waals surface area contributed by atoms with Crippen molar-refractivity contribution in [2.24, 2.45) is 18.9 Å². The molecule has 18 heavy (non-hydrogen) atoms. The van der Waals surface area contributed by atoms with E-state index in [1.807, 2.05) is 0 Å². The van der Waals surface area contributed by atoms with Crippen molar-refractivity contribution in [1.29, 1.82) is 0 Å². The Bertz CT molecular complexity index is 431.